The Morgan fingerprint density at radius 2 is 2.16 bits per heavy atom. The number of nitrogens with zero attached hydrogens (tertiary/aromatic N) is 1. The highest BCUT2D eigenvalue weighted by Crippen LogP contribution is 2.31. The fourth-order valence-electron chi connectivity index (χ4n) is 2.88. The number of likely N-dealkylation sites (tertiary alicyclic amines) is 1. The van der Waals surface area contributed by atoms with Crippen molar-refractivity contribution in [2.24, 2.45) is 5.92 Å². The molecule has 0 spiro atoms. The molecular formula is C15H20BrClN2. The first-order valence-corrected chi connectivity index (χ1v) is 8.28. The van der Waals surface area contributed by atoms with Crippen molar-refractivity contribution in [2.75, 3.05) is 19.6 Å². The maximum Gasteiger partial charge on any atom is 0.0462 e. The second-order valence-corrected chi connectivity index (χ2v) is 7.07. The standard InChI is InChI=1S/C15H20BrClN2/c16-13-2-1-12(15(17)7-13)9-18-8-11-5-6-19(10-11)14-3-4-14/h1-2,7,11,14,18H,3-6,8-10H2. The molecule has 1 heterocycles. The minimum absolute atomic E-state index is 0.815. The van der Waals surface area contributed by atoms with Crippen LogP contribution >= 0.6 is 27.5 Å². The van der Waals surface area contributed by atoms with E-state index < -0.39 is 0 Å². The van der Waals surface area contributed by atoms with Gasteiger partial charge in [-0.1, -0.05) is 33.6 Å². The summed E-state index contributed by atoms with van der Waals surface area (Å²) < 4.78 is 1.04. The highest BCUT2D eigenvalue weighted by molar-refractivity contribution is 9.10. The predicted octanol–water partition coefficient (Wildman–Crippen LogP) is 3.68. The smallest absolute Gasteiger partial charge is 0.0462 e. The third-order valence-corrected chi connectivity index (χ3v) is 4.99. The van der Waals surface area contributed by atoms with E-state index in [1.165, 1.54) is 37.9 Å². The lowest BCUT2D eigenvalue weighted by Crippen LogP contribution is -2.27. The summed E-state index contributed by atoms with van der Waals surface area (Å²) in [5.74, 6) is 0.815. The molecule has 1 aliphatic heterocycles. The minimum atomic E-state index is 0.815. The summed E-state index contributed by atoms with van der Waals surface area (Å²) in [5.41, 5.74) is 1.18. The summed E-state index contributed by atoms with van der Waals surface area (Å²) in [6.45, 7) is 4.56. The normalized spacial score (nSPS) is 24.0. The molecule has 1 aromatic carbocycles. The van der Waals surface area contributed by atoms with Crippen LogP contribution in [-0.4, -0.2) is 30.6 Å². The van der Waals surface area contributed by atoms with Gasteiger partial charge in [0.1, 0.15) is 0 Å². The molecule has 1 unspecified atom stereocenters. The zero-order valence-corrected chi connectivity index (χ0v) is 13.4. The number of hydrogen-bond donors (Lipinski definition) is 1. The van der Waals surface area contributed by atoms with Gasteiger partial charge in [0, 0.05) is 28.6 Å². The van der Waals surface area contributed by atoms with Crippen LogP contribution < -0.4 is 5.32 Å². The monoisotopic (exact) mass is 342 g/mol. The SMILES string of the molecule is Clc1cc(Br)ccc1CNCC1CCN(C2CC2)C1. The zero-order valence-electron chi connectivity index (χ0n) is 11.0. The molecule has 1 N–H and O–H groups in total. The molecule has 104 valence electrons. The van der Waals surface area contributed by atoms with Gasteiger partial charge in [-0.25, -0.2) is 0 Å². The van der Waals surface area contributed by atoms with Crippen LogP contribution in [0.4, 0.5) is 0 Å². The van der Waals surface area contributed by atoms with Gasteiger partial charge in [0.15, 0.2) is 0 Å². The van der Waals surface area contributed by atoms with Crippen molar-refractivity contribution in [3.05, 3.63) is 33.3 Å². The van der Waals surface area contributed by atoms with Crippen molar-refractivity contribution in [1.82, 2.24) is 10.2 Å². The van der Waals surface area contributed by atoms with Gasteiger partial charge in [0.25, 0.3) is 0 Å². The van der Waals surface area contributed by atoms with E-state index >= 15 is 0 Å². The molecule has 1 atom stereocenters. The van der Waals surface area contributed by atoms with Gasteiger partial charge in [-0.2, -0.15) is 0 Å². The molecule has 0 radical (unpaired) electrons. The Hall–Kier alpha value is -0.0900. The maximum atomic E-state index is 6.22. The van der Waals surface area contributed by atoms with E-state index in [2.05, 4.69) is 32.2 Å². The van der Waals surface area contributed by atoms with E-state index in [0.29, 0.717) is 0 Å². The maximum absolute atomic E-state index is 6.22. The van der Waals surface area contributed by atoms with E-state index in [0.717, 1.165) is 34.5 Å². The lowest BCUT2D eigenvalue weighted by atomic mass is 10.1. The highest BCUT2D eigenvalue weighted by atomic mass is 79.9. The number of rotatable bonds is 5. The fourth-order valence-corrected chi connectivity index (χ4v) is 3.62. The molecule has 2 nitrogen and oxygen atoms in total. The Morgan fingerprint density at radius 3 is 2.89 bits per heavy atom. The van der Waals surface area contributed by atoms with Gasteiger partial charge in [0.05, 0.1) is 0 Å². The highest BCUT2D eigenvalue weighted by Gasteiger charge is 2.33. The second kappa shape index (κ2) is 6.13. The molecule has 1 saturated carbocycles. The van der Waals surface area contributed by atoms with Crippen molar-refractivity contribution >= 4 is 27.5 Å². The third-order valence-electron chi connectivity index (χ3n) is 4.14. The van der Waals surface area contributed by atoms with Gasteiger partial charge in [-0.3, -0.25) is 0 Å². The zero-order chi connectivity index (χ0) is 13.2. The Balaban J connectivity index is 1.43. The van der Waals surface area contributed by atoms with Crippen LogP contribution in [0.5, 0.6) is 0 Å². The van der Waals surface area contributed by atoms with E-state index in [1.54, 1.807) is 0 Å². The first-order chi connectivity index (χ1) is 9.22. The van der Waals surface area contributed by atoms with Crippen LogP contribution in [0.2, 0.25) is 5.02 Å². The summed E-state index contributed by atoms with van der Waals surface area (Å²) in [4.78, 5) is 2.67. The van der Waals surface area contributed by atoms with Crippen LogP contribution in [0.25, 0.3) is 0 Å². The molecule has 4 heteroatoms. The number of nitrogens with one attached hydrogen (secondary N) is 1. The molecule has 0 amide bonds. The van der Waals surface area contributed by atoms with Crippen molar-refractivity contribution in [3.8, 4) is 0 Å². The Kier molecular flexibility index (Phi) is 4.47. The molecule has 0 bridgehead atoms. The van der Waals surface area contributed by atoms with Crippen molar-refractivity contribution in [2.45, 2.75) is 31.8 Å². The largest absolute Gasteiger partial charge is 0.312 e. The van der Waals surface area contributed by atoms with Gasteiger partial charge in [0.2, 0.25) is 0 Å². The molecule has 1 aromatic rings. The second-order valence-electron chi connectivity index (χ2n) is 5.75. The Labute approximate surface area is 128 Å². The van der Waals surface area contributed by atoms with E-state index in [1.807, 2.05) is 12.1 Å². The predicted molar refractivity (Wildman–Crippen MR) is 83.6 cm³/mol. The average Bonchev–Trinajstić information content (AvgIpc) is 3.13. The Bertz CT molecular complexity index is 448. The minimum Gasteiger partial charge on any atom is -0.312 e. The molecule has 0 aromatic heterocycles. The third kappa shape index (κ3) is 3.72. The van der Waals surface area contributed by atoms with Crippen LogP contribution in [-0.2, 0) is 6.54 Å². The fraction of sp³-hybridized carbons (Fsp3) is 0.600. The summed E-state index contributed by atoms with van der Waals surface area (Å²) in [7, 11) is 0. The number of hydrogen-bond acceptors (Lipinski definition) is 2. The van der Waals surface area contributed by atoms with Crippen molar-refractivity contribution in [1.29, 1.82) is 0 Å². The van der Waals surface area contributed by atoms with Gasteiger partial charge in [-0.05, 0) is 56.0 Å². The number of benzene rings is 1. The summed E-state index contributed by atoms with van der Waals surface area (Å²) in [6, 6.07) is 7.02. The van der Waals surface area contributed by atoms with Crippen molar-refractivity contribution < 1.29 is 0 Å². The van der Waals surface area contributed by atoms with Gasteiger partial charge >= 0.3 is 0 Å². The molecule has 2 fully saturated rings. The van der Waals surface area contributed by atoms with Crippen LogP contribution in [0, 0.1) is 5.92 Å². The Morgan fingerprint density at radius 1 is 1.32 bits per heavy atom. The number of halogens is 2. The first-order valence-electron chi connectivity index (χ1n) is 7.11. The van der Waals surface area contributed by atoms with E-state index in [9.17, 15) is 0 Å². The molecule has 1 aliphatic carbocycles. The molecule has 2 aliphatic rings. The van der Waals surface area contributed by atoms with E-state index in [4.69, 9.17) is 11.6 Å². The van der Waals surface area contributed by atoms with Gasteiger partial charge in [-0.15, -0.1) is 0 Å². The van der Waals surface area contributed by atoms with Crippen LogP contribution in [0.3, 0.4) is 0 Å². The molecule has 3 rings (SSSR count). The van der Waals surface area contributed by atoms with E-state index in [-0.39, 0.29) is 0 Å². The topological polar surface area (TPSA) is 15.3 Å². The quantitative estimate of drug-likeness (QED) is 0.877. The summed E-state index contributed by atoms with van der Waals surface area (Å²) in [5, 5.41) is 4.40. The van der Waals surface area contributed by atoms with Gasteiger partial charge < -0.3 is 10.2 Å². The average molecular weight is 344 g/mol. The first kappa shape index (κ1) is 13.9. The lowest BCUT2D eigenvalue weighted by Gasteiger charge is -2.15. The lowest BCUT2D eigenvalue weighted by molar-refractivity contribution is 0.312. The van der Waals surface area contributed by atoms with Crippen molar-refractivity contribution in [3.63, 3.8) is 0 Å². The van der Waals surface area contributed by atoms with Crippen LogP contribution in [0.15, 0.2) is 22.7 Å². The molecule has 1 saturated heterocycles. The van der Waals surface area contributed by atoms with Crippen LogP contribution in [0.1, 0.15) is 24.8 Å². The summed E-state index contributed by atoms with van der Waals surface area (Å²) >= 11 is 9.65. The molecular weight excluding hydrogens is 324 g/mol. The molecule has 19 heavy (non-hydrogen) atoms. The summed E-state index contributed by atoms with van der Waals surface area (Å²) in [6.07, 6.45) is 4.20.